The van der Waals surface area contributed by atoms with E-state index in [0.29, 0.717) is 5.56 Å². The number of hydrogen-bond donors (Lipinski definition) is 9. The number of fused-ring (bicyclic) bond motifs is 1. The zero-order chi connectivity index (χ0) is 29.6. The molecule has 14 nitrogen and oxygen atoms in total. The second-order valence-corrected chi connectivity index (χ2v) is 10.0. The summed E-state index contributed by atoms with van der Waals surface area (Å²) < 4.78 is 28.4. The van der Waals surface area contributed by atoms with E-state index in [0.717, 1.165) is 6.07 Å². The number of phenols is 3. The first-order chi connectivity index (χ1) is 19.4. The maximum atomic E-state index is 10.7. The predicted molar refractivity (Wildman–Crippen MR) is 137 cm³/mol. The maximum absolute atomic E-state index is 10.7. The van der Waals surface area contributed by atoms with Crippen LogP contribution in [0, 0.1) is 0 Å². The summed E-state index contributed by atoms with van der Waals surface area (Å²) in [5.41, 5.74) is 0.476. The van der Waals surface area contributed by atoms with Gasteiger partial charge in [-0.1, -0.05) is 0 Å². The van der Waals surface area contributed by atoms with Gasteiger partial charge in [0.15, 0.2) is 6.29 Å². The normalized spacial score (nSPS) is 34.0. The van der Waals surface area contributed by atoms with Crippen molar-refractivity contribution in [3.63, 3.8) is 0 Å². The van der Waals surface area contributed by atoms with Crippen molar-refractivity contribution in [1.29, 1.82) is 0 Å². The van der Waals surface area contributed by atoms with Crippen molar-refractivity contribution in [2.24, 2.45) is 0 Å². The Morgan fingerprint density at radius 2 is 1.39 bits per heavy atom. The minimum atomic E-state index is -1.77. The fourth-order valence-electron chi connectivity index (χ4n) is 4.70. The number of aliphatic hydroxyl groups is 6. The van der Waals surface area contributed by atoms with E-state index in [9.17, 15) is 46.0 Å². The molecule has 0 saturated carbocycles. The van der Waals surface area contributed by atoms with Crippen LogP contribution < -0.4 is 4.74 Å². The second-order valence-electron chi connectivity index (χ2n) is 10.0. The third-order valence-electron chi connectivity index (χ3n) is 7.09. The number of aromatic hydroxyl groups is 3. The van der Waals surface area contributed by atoms with Gasteiger partial charge in [-0.15, -0.1) is 0 Å². The Balaban J connectivity index is 1.42. The molecule has 14 heteroatoms. The Kier molecular flexibility index (Phi) is 8.20. The van der Waals surface area contributed by atoms with Crippen molar-refractivity contribution in [2.45, 2.75) is 68.3 Å². The molecule has 1 aromatic heterocycles. The average Bonchev–Trinajstić information content (AvgIpc) is 2.94. The van der Waals surface area contributed by atoms with Gasteiger partial charge in [0.05, 0.1) is 24.3 Å². The van der Waals surface area contributed by atoms with Crippen LogP contribution in [-0.2, 0) is 14.2 Å². The molecule has 2 unspecified atom stereocenters. The van der Waals surface area contributed by atoms with Crippen LogP contribution in [0.4, 0.5) is 0 Å². The van der Waals surface area contributed by atoms with Gasteiger partial charge in [-0.2, -0.15) is 0 Å². The predicted octanol–water partition coefficient (Wildman–Crippen LogP) is -0.472. The van der Waals surface area contributed by atoms with Gasteiger partial charge in [-0.25, -0.2) is 4.42 Å². The van der Waals surface area contributed by atoms with E-state index in [1.807, 2.05) is 0 Å². The summed E-state index contributed by atoms with van der Waals surface area (Å²) in [6.07, 6.45) is -15.0. The van der Waals surface area contributed by atoms with Crippen LogP contribution in [0.15, 0.2) is 46.9 Å². The molecular weight excluding hydrogens is 548 g/mol. The minimum Gasteiger partial charge on any atom is -0.508 e. The highest BCUT2D eigenvalue weighted by Crippen LogP contribution is 2.40. The number of rotatable bonds is 6. The van der Waals surface area contributed by atoms with E-state index in [1.165, 1.54) is 43.3 Å². The molecule has 0 amide bonds. The van der Waals surface area contributed by atoms with Crippen LogP contribution in [0.3, 0.4) is 0 Å². The summed E-state index contributed by atoms with van der Waals surface area (Å²) in [4.78, 5) is 0. The van der Waals surface area contributed by atoms with Gasteiger partial charge in [0, 0.05) is 12.1 Å². The molecule has 0 bridgehead atoms. The van der Waals surface area contributed by atoms with Crippen LogP contribution in [0.5, 0.6) is 23.0 Å². The summed E-state index contributed by atoms with van der Waals surface area (Å²) in [6.45, 7) is 0.973. The quantitative estimate of drug-likeness (QED) is 0.168. The molecule has 3 aromatic rings. The van der Waals surface area contributed by atoms with Crippen molar-refractivity contribution in [3.05, 3.63) is 42.5 Å². The molecule has 2 aliphatic rings. The lowest BCUT2D eigenvalue weighted by Gasteiger charge is -2.42. The summed E-state index contributed by atoms with van der Waals surface area (Å²) in [5, 5.41) is 92.0. The molecule has 2 fully saturated rings. The first-order valence-electron chi connectivity index (χ1n) is 12.7. The van der Waals surface area contributed by atoms with Gasteiger partial charge >= 0.3 is 11.3 Å². The van der Waals surface area contributed by atoms with Gasteiger partial charge in [0.25, 0.3) is 0 Å². The molecule has 0 radical (unpaired) electrons. The van der Waals surface area contributed by atoms with E-state index in [2.05, 4.69) is 0 Å². The van der Waals surface area contributed by atoms with Crippen molar-refractivity contribution >= 4 is 11.0 Å². The standard InChI is InChI=1S/C27H30O14/c1-10-19(31)21(33)23(35)26(38-10)37-9-18-20(32)22(34)24(36)27(41-18)40-17-8-14-15(30)6-13(29)7-16(14)39-25(17)11-2-4-12(28)5-3-11/h2-8,10,18-24,26-27,31-36H,9H2,1H3,(H2-,28,29,30)/p+1/t10-,18-,19-,20+,21?,22-,23?,24+,26+,27+/m0/s1. The number of hydrogen-bond acceptors (Lipinski definition) is 13. The molecule has 41 heavy (non-hydrogen) atoms. The summed E-state index contributed by atoms with van der Waals surface area (Å²) in [7, 11) is 0. The lowest BCUT2D eigenvalue weighted by atomic mass is 9.98. The van der Waals surface area contributed by atoms with Gasteiger partial charge in [-0.3, -0.25) is 0 Å². The lowest BCUT2D eigenvalue weighted by molar-refractivity contribution is -0.318. The lowest BCUT2D eigenvalue weighted by Crippen LogP contribution is -2.61. The SMILES string of the molecule is C[C@@H]1O[C@@H](OC[C@@H]2O[C@@H](Oc3cc4c(O)cc(O)cc4[o+]c3-c3ccc(O)cc3)[C@H](O)[C@@H](O)[C@@H]2O)C(O)C(O)[C@H]1O. The highest BCUT2D eigenvalue weighted by molar-refractivity contribution is 5.88. The molecular formula is C27H31O14+. The number of ether oxygens (including phenoxy) is 4. The van der Waals surface area contributed by atoms with Gasteiger partial charge in [-0.05, 0) is 31.2 Å². The zero-order valence-corrected chi connectivity index (χ0v) is 21.6. The first kappa shape index (κ1) is 29.2. The fraction of sp³-hybridized carbons (Fsp3) is 0.444. The molecule has 0 spiro atoms. The second kappa shape index (κ2) is 11.5. The van der Waals surface area contributed by atoms with Gasteiger partial charge in [0.2, 0.25) is 12.0 Å². The monoisotopic (exact) mass is 579 g/mol. The molecule has 2 aliphatic heterocycles. The fourth-order valence-corrected chi connectivity index (χ4v) is 4.70. The van der Waals surface area contributed by atoms with Crippen molar-refractivity contribution in [2.75, 3.05) is 6.61 Å². The highest BCUT2D eigenvalue weighted by atomic mass is 16.7. The number of aliphatic hydroxyl groups excluding tert-OH is 6. The molecule has 10 atom stereocenters. The van der Waals surface area contributed by atoms with Crippen LogP contribution in [0.2, 0.25) is 0 Å². The first-order valence-corrected chi connectivity index (χ1v) is 12.7. The third-order valence-corrected chi connectivity index (χ3v) is 7.09. The molecule has 2 aromatic carbocycles. The van der Waals surface area contributed by atoms with E-state index >= 15 is 0 Å². The van der Waals surface area contributed by atoms with Gasteiger partial charge < -0.3 is 64.9 Å². The molecule has 2 saturated heterocycles. The summed E-state index contributed by atoms with van der Waals surface area (Å²) in [6, 6.07) is 9.48. The minimum absolute atomic E-state index is 0.0261. The smallest absolute Gasteiger partial charge is 0.402 e. The Morgan fingerprint density at radius 3 is 2.10 bits per heavy atom. The topological polar surface area (TPSA) is 230 Å². The van der Waals surface area contributed by atoms with Crippen LogP contribution in [-0.4, -0.2) is 114 Å². The Morgan fingerprint density at radius 1 is 0.732 bits per heavy atom. The van der Waals surface area contributed by atoms with E-state index in [1.54, 1.807) is 0 Å². The third kappa shape index (κ3) is 5.74. The molecule has 5 rings (SSSR count). The van der Waals surface area contributed by atoms with E-state index in [-0.39, 0.29) is 39.7 Å². The van der Waals surface area contributed by atoms with Gasteiger partial charge in [0.1, 0.15) is 65.4 Å². The average molecular weight is 580 g/mol. The Bertz CT molecular complexity index is 1370. The van der Waals surface area contributed by atoms with Crippen molar-refractivity contribution < 1.29 is 69.3 Å². The van der Waals surface area contributed by atoms with Crippen LogP contribution in [0.1, 0.15) is 6.92 Å². The van der Waals surface area contributed by atoms with Crippen molar-refractivity contribution in [1.82, 2.24) is 0 Å². The molecule has 9 N–H and O–H groups in total. The Labute approximate surface area is 232 Å². The Hall–Kier alpha value is -3.31. The van der Waals surface area contributed by atoms with Crippen LogP contribution >= 0.6 is 0 Å². The zero-order valence-electron chi connectivity index (χ0n) is 21.6. The van der Waals surface area contributed by atoms with E-state index in [4.69, 9.17) is 23.4 Å². The number of phenolic OH excluding ortho intramolecular Hbond substituents is 3. The van der Waals surface area contributed by atoms with Crippen LogP contribution in [0.25, 0.3) is 22.3 Å². The molecule has 0 aliphatic carbocycles. The number of benzene rings is 2. The molecule has 3 heterocycles. The largest absolute Gasteiger partial charge is 0.508 e. The molecule has 222 valence electrons. The van der Waals surface area contributed by atoms with E-state index < -0.39 is 68.0 Å². The van der Waals surface area contributed by atoms with Crippen molar-refractivity contribution in [3.8, 4) is 34.3 Å². The summed E-state index contributed by atoms with van der Waals surface area (Å²) >= 11 is 0. The highest BCUT2D eigenvalue weighted by Gasteiger charge is 2.48. The summed E-state index contributed by atoms with van der Waals surface area (Å²) in [5.74, 6) is -0.661. The maximum Gasteiger partial charge on any atom is 0.402 e.